The lowest BCUT2D eigenvalue weighted by Gasteiger charge is -2.28. The van der Waals surface area contributed by atoms with E-state index < -0.39 is 6.10 Å². The summed E-state index contributed by atoms with van der Waals surface area (Å²) in [6, 6.07) is 1.12. The molecule has 0 bridgehead atoms. The van der Waals surface area contributed by atoms with Crippen LogP contribution in [0.1, 0.15) is 36.0 Å². The monoisotopic (exact) mass is 289 g/mol. The molecule has 1 heterocycles. The standard InChI is InChI=1S/C11H13Cl2N3O2/c12-9-5-6(10(13)16-15-9)11(18)14-7-3-1-2-4-8(7)17/h5,7-8,17H,1-4H2,(H,14,18). The predicted molar refractivity (Wildman–Crippen MR) is 67.8 cm³/mol. The smallest absolute Gasteiger partial charge is 0.254 e. The van der Waals surface area contributed by atoms with Gasteiger partial charge in [0, 0.05) is 0 Å². The van der Waals surface area contributed by atoms with Gasteiger partial charge in [-0.1, -0.05) is 36.0 Å². The molecule has 0 radical (unpaired) electrons. The van der Waals surface area contributed by atoms with Gasteiger partial charge >= 0.3 is 0 Å². The molecule has 1 saturated carbocycles. The molecule has 0 saturated heterocycles. The van der Waals surface area contributed by atoms with E-state index in [1.54, 1.807) is 0 Å². The fourth-order valence-electron chi connectivity index (χ4n) is 2.04. The molecule has 1 aliphatic carbocycles. The van der Waals surface area contributed by atoms with Crippen LogP contribution in [0.5, 0.6) is 0 Å². The van der Waals surface area contributed by atoms with Crippen LogP contribution in [-0.2, 0) is 0 Å². The number of amides is 1. The van der Waals surface area contributed by atoms with Crippen LogP contribution in [0.2, 0.25) is 10.3 Å². The maximum absolute atomic E-state index is 12.0. The lowest BCUT2D eigenvalue weighted by Crippen LogP contribution is -2.45. The largest absolute Gasteiger partial charge is 0.391 e. The maximum Gasteiger partial charge on any atom is 0.254 e. The summed E-state index contributed by atoms with van der Waals surface area (Å²) >= 11 is 11.5. The van der Waals surface area contributed by atoms with Crippen molar-refractivity contribution in [2.75, 3.05) is 0 Å². The summed E-state index contributed by atoms with van der Waals surface area (Å²) < 4.78 is 0. The number of aromatic nitrogens is 2. The van der Waals surface area contributed by atoms with Crippen molar-refractivity contribution in [3.8, 4) is 0 Å². The summed E-state index contributed by atoms with van der Waals surface area (Å²) in [5, 5.41) is 19.8. The third-order valence-electron chi connectivity index (χ3n) is 3.01. The summed E-state index contributed by atoms with van der Waals surface area (Å²) in [7, 11) is 0. The summed E-state index contributed by atoms with van der Waals surface area (Å²) in [6.07, 6.45) is 2.93. The highest BCUT2D eigenvalue weighted by molar-refractivity contribution is 6.34. The predicted octanol–water partition coefficient (Wildman–Crippen LogP) is 1.82. The van der Waals surface area contributed by atoms with Gasteiger partial charge in [0.15, 0.2) is 10.3 Å². The zero-order chi connectivity index (χ0) is 13.1. The van der Waals surface area contributed by atoms with Crippen molar-refractivity contribution in [2.45, 2.75) is 37.8 Å². The van der Waals surface area contributed by atoms with E-state index in [1.165, 1.54) is 6.07 Å². The Bertz CT molecular complexity index is 456. The van der Waals surface area contributed by atoms with Crippen molar-refractivity contribution in [2.24, 2.45) is 0 Å². The van der Waals surface area contributed by atoms with Gasteiger partial charge in [0.2, 0.25) is 0 Å². The van der Waals surface area contributed by atoms with Gasteiger partial charge in [-0.05, 0) is 18.9 Å². The van der Waals surface area contributed by atoms with Gasteiger partial charge in [-0.15, -0.1) is 10.2 Å². The SMILES string of the molecule is O=C(NC1CCCCC1O)c1cc(Cl)nnc1Cl. The van der Waals surface area contributed by atoms with E-state index in [9.17, 15) is 9.90 Å². The zero-order valence-corrected chi connectivity index (χ0v) is 11.1. The fourth-order valence-corrected chi connectivity index (χ4v) is 2.36. The second-order valence-corrected chi connectivity index (χ2v) is 5.05. The summed E-state index contributed by atoms with van der Waals surface area (Å²) in [6.45, 7) is 0. The van der Waals surface area contributed by atoms with Crippen LogP contribution in [0.25, 0.3) is 0 Å². The molecule has 0 aromatic carbocycles. The van der Waals surface area contributed by atoms with E-state index in [0.717, 1.165) is 19.3 Å². The van der Waals surface area contributed by atoms with Crippen LogP contribution < -0.4 is 5.32 Å². The Hall–Kier alpha value is -0.910. The molecule has 1 aromatic rings. The highest BCUT2D eigenvalue weighted by Crippen LogP contribution is 2.20. The lowest BCUT2D eigenvalue weighted by atomic mass is 9.92. The van der Waals surface area contributed by atoms with Gasteiger partial charge in [0.05, 0.1) is 17.7 Å². The van der Waals surface area contributed by atoms with Crippen molar-refractivity contribution in [3.05, 3.63) is 21.9 Å². The van der Waals surface area contributed by atoms with E-state index in [4.69, 9.17) is 23.2 Å². The van der Waals surface area contributed by atoms with E-state index in [1.807, 2.05) is 0 Å². The van der Waals surface area contributed by atoms with Crippen LogP contribution in [0.4, 0.5) is 0 Å². The number of aliphatic hydroxyl groups is 1. The Balaban J connectivity index is 2.09. The molecular weight excluding hydrogens is 277 g/mol. The van der Waals surface area contributed by atoms with Crippen LogP contribution in [-0.4, -0.2) is 33.4 Å². The minimum atomic E-state index is -0.508. The van der Waals surface area contributed by atoms with E-state index >= 15 is 0 Å². The number of hydrogen-bond acceptors (Lipinski definition) is 4. The molecule has 5 nitrogen and oxygen atoms in total. The molecule has 2 N–H and O–H groups in total. The minimum absolute atomic E-state index is 0.00204. The highest BCUT2D eigenvalue weighted by Gasteiger charge is 2.25. The molecular formula is C11H13Cl2N3O2. The average molecular weight is 290 g/mol. The Kier molecular flexibility index (Phi) is 4.37. The number of carbonyl (C=O) groups excluding carboxylic acids is 1. The zero-order valence-electron chi connectivity index (χ0n) is 9.57. The number of hydrogen-bond donors (Lipinski definition) is 2. The second-order valence-electron chi connectivity index (χ2n) is 4.30. The first-order valence-corrected chi connectivity index (χ1v) is 6.51. The minimum Gasteiger partial charge on any atom is -0.391 e. The Morgan fingerprint density at radius 1 is 1.33 bits per heavy atom. The molecule has 1 fully saturated rings. The molecule has 1 aromatic heterocycles. The molecule has 1 amide bonds. The number of carbonyl (C=O) groups is 1. The van der Waals surface area contributed by atoms with Crippen molar-refractivity contribution in [3.63, 3.8) is 0 Å². The normalized spacial score (nSPS) is 23.7. The highest BCUT2D eigenvalue weighted by atomic mass is 35.5. The van der Waals surface area contributed by atoms with Crippen LogP contribution in [0, 0.1) is 0 Å². The number of halogens is 2. The Morgan fingerprint density at radius 2 is 2.06 bits per heavy atom. The summed E-state index contributed by atoms with van der Waals surface area (Å²) in [5.74, 6) is -0.386. The second kappa shape index (κ2) is 5.82. The molecule has 2 unspecified atom stereocenters. The van der Waals surface area contributed by atoms with Gasteiger partial charge in [-0.2, -0.15) is 0 Å². The van der Waals surface area contributed by atoms with E-state index in [-0.39, 0.29) is 27.8 Å². The molecule has 98 valence electrons. The van der Waals surface area contributed by atoms with Crippen LogP contribution >= 0.6 is 23.2 Å². The van der Waals surface area contributed by atoms with Gasteiger partial charge in [-0.25, -0.2) is 0 Å². The van der Waals surface area contributed by atoms with Crippen molar-refractivity contribution in [1.29, 1.82) is 0 Å². The topological polar surface area (TPSA) is 75.1 Å². The van der Waals surface area contributed by atoms with Crippen LogP contribution in [0.15, 0.2) is 6.07 Å². The number of aliphatic hydroxyl groups excluding tert-OH is 1. The first kappa shape index (κ1) is 13.5. The first-order valence-electron chi connectivity index (χ1n) is 5.75. The van der Waals surface area contributed by atoms with Gasteiger partial charge < -0.3 is 10.4 Å². The molecule has 18 heavy (non-hydrogen) atoms. The fraction of sp³-hybridized carbons (Fsp3) is 0.545. The molecule has 7 heteroatoms. The van der Waals surface area contributed by atoms with E-state index in [0.29, 0.717) is 6.42 Å². The third-order valence-corrected chi connectivity index (χ3v) is 3.47. The van der Waals surface area contributed by atoms with Crippen molar-refractivity contribution < 1.29 is 9.90 Å². The first-order chi connectivity index (χ1) is 8.58. The maximum atomic E-state index is 12.0. The third kappa shape index (κ3) is 3.10. The molecule has 1 aliphatic rings. The number of nitrogens with one attached hydrogen (secondary N) is 1. The van der Waals surface area contributed by atoms with Crippen LogP contribution in [0.3, 0.4) is 0 Å². The van der Waals surface area contributed by atoms with Gasteiger partial charge in [0.25, 0.3) is 5.91 Å². The van der Waals surface area contributed by atoms with Gasteiger partial charge in [-0.3, -0.25) is 4.79 Å². The Morgan fingerprint density at radius 3 is 2.78 bits per heavy atom. The summed E-state index contributed by atoms with van der Waals surface area (Å²) in [4.78, 5) is 12.0. The van der Waals surface area contributed by atoms with E-state index in [2.05, 4.69) is 15.5 Å². The Labute approximate surface area is 115 Å². The average Bonchev–Trinajstić information content (AvgIpc) is 2.35. The van der Waals surface area contributed by atoms with Gasteiger partial charge in [0.1, 0.15) is 0 Å². The quantitative estimate of drug-likeness (QED) is 0.871. The molecule has 0 aliphatic heterocycles. The molecule has 2 rings (SSSR count). The molecule has 0 spiro atoms. The van der Waals surface area contributed by atoms with Crippen molar-refractivity contribution in [1.82, 2.24) is 15.5 Å². The molecule has 2 atom stereocenters. The lowest BCUT2D eigenvalue weighted by molar-refractivity contribution is 0.0717. The van der Waals surface area contributed by atoms with Crippen molar-refractivity contribution >= 4 is 29.1 Å². The number of rotatable bonds is 2. The summed E-state index contributed by atoms with van der Waals surface area (Å²) in [5.41, 5.74) is 0.175. The number of nitrogens with zero attached hydrogens (tertiary/aromatic N) is 2.